The van der Waals surface area contributed by atoms with E-state index in [1.165, 1.54) is 6.20 Å². The minimum absolute atomic E-state index is 0.224. The summed E-state index contributed by atoms with van der Waals surface area (Å²) in [6, 6.07) is 5.88. The number of carbonyl (C=O) groups is 1. The first-order valence-electron chi connectivity index (χ1n) is 10.7. The van der Waals surface area contributed by atoms with Crippen molar-refractivity contribution in [2.45, 2.75) is 31.0 Å². The van der Waals surface area contributed by atoms with Crippen LogP contribution in [0.1, 0.15) is 29.2 Å². The molecule has 0 radical (unpaired) electrons. The van der Waals surface area contributed by atoms with Crippen molar-refractivity contribution in [3.63, 3.8) is 0 Å². The monoisotopic (exact) mass is 433 g/mol. The zero-order chi connectivity index (χ0) is 21.8. The van der Waals surface area contributed by atoms with Gasteiger partial charge in [0.2, 0.25) is 0 Å². The van der Waals surface area contributed by atoms with E-state index in [4.69, 9.17) is 9.72 Å². The third-order valence-electron chi connectivity index (χ3n) is 6.41. The largest absolute Gasteiger partial charge is 0.391 e. The molecule has 164 valence electrons. The second kappa shape index (κ2) is 7.28. The van der Waals surface area contributed by atoms with E-state index in [2.05, 4.69) is 31.5 Å². The SMILES string of the molecule is CNc1cc(-c2cn(C3COC3)c3ncccc23)nc2c(C(=O)N[C@H]3CC[C@H]3O)cnn12. The Morgan fingerprint density at radius 3 is 2.84 bits per heavy atom. The molecule has 6 rings (SSSR count). The number of amides is 1. The predicted octanol–water partition coefficient (Wildman–Crippen LogP) is 1.61. The summed E-state index contributed by atoms with van der Waals surface area (Å²) >= 11 is 0. The number of anilines is 1. The molecule has 1 aliphatic carbocycles. The van der Waals surface area contributed by atoms with Crippen molar-refractivity contribution < 1.29 is 14.6 Å². The first-order valence-corrected chi connectivity index (χ1v) is 10.7. The maximum absolute atomic E-state index is 12.9. The minimum Gasteiger partial charge on any atom is -0.391 e. The summed E-state index contributed by atoms with van der Waals surface area (Å²) in [6.07, 6.45) is 6.34. The topological polar surface area (TPSA) is 119 Å². The van der Waals surface area contributed by atoms with E-state index in [-0.39, 0.29) is 18.0 Å². The molecular formula is C22H23N7O3. The highest BCUT2D eigenvalue weighted by atomic mass is 16.5. The Kier molecular flexibility index (Phi) is 4.37. The van der Waals surface area contributed by atoms with Crippen LogP contribution in [0.25, 0.3) is 27.9 Å². The number of nitrogens with one attached hydrogen (secondary N) is 2. The lowest BCUT2D eigenvalue weighted by Crippen LogP contribution is -2.50. The van der Waals surface area contributed by atoms with Gasteiger partial charge in [0.05, 0.1) is 43.3 Å². The number of aliphatic hydroxyl groups is 1. The van der Waals surface area contributed by atoms with E-state index in [0.29, 0.717) is 36.7 Å². The fourth-order valence-corrected chi connectivity index (χ4v) is 4.29. The molecule has 10 heteroatoms. The van der Waals surface area contributed by atoms with Crippen LogP contribution in [0.2, 0.25) is 0 Å². The van der Waals surface area contributed by atoms with Crippen LogP contribution in [-0.4, -0.2) is 67.6 Å². The lowest BCUT2D eigenvalue weighted by Gasteiger charge is -2.32. The zero-order valence-electron chi connectivity index (χ0n) is 17.5. The molecule has 1 amide bonds. The van der Waals surface area contributed by atoms with Crippen LogP contribution in [-0.2, 0) is 4.74 Å². The van der Waals surface area contributed by atoms with Crippen LogP contribution in [0, 0.1) is 0 Å². The summed E-state index contributed by atoms with van der Waals surface area (Å²) in [7, 11) is 1.81. The quantitative estimate of drug-likeness (QED) is 0.438. The first kappa shape index (κ1) is 19.2. The number of rotatable bonds is 5. The molecule has 2 atom stereocenters. The molecule has 0 spiro atoms. The van der Waals surface area contributed by atoms with E-state index in [1.807, 2.05) is 18.2 Å². The van der Waals surface area contributed by atoms with Gasteiger partial charge in [-0.1, -0.05) is 0 Å². The van der Waals surface area contributed by atoms with Gasteiger partial charge in [0.15, 0.2) is 5.65 Å². The standard InChI is InChI=1S/C22H23N7O3/c1-23-19-7-17(15-9-28(12-10-32-11-12)20-13(15)3-2-6-24-20)26-21-14(8-25-29(19)21)22(31)27-16-4-5-18(16)30/h2-3,6-9,12,16,18,23,30H,4-5,10-11H2,1H3,(H,27,31)/t16-,18+/m0/s1. The van der Waals surface area contributed by atoms with Crippen molar-refractivity contribution in [1.82, 2.24) is 29.5 Å². The van der Waals surface area contributed by atoms with E-state index >= 15 is 0 Å². The van der Waals surface area contributed by atoms with E-state index in [9.17, 15) is 9.90 Å². The van der Waals surface area contributed by atoms with Gasteiger partial charge in [-0.05, 0) is 25.0 Å². The summed E-state index contributed by atoms with van der Waals surface area (Å²) in [5.41, 5.74) is 3.36. The molecule has 4 aromatic rings. The molecule has 1 aliphatic heterocycles. The Balaban J connectivity index is 1.48. The van der Waals surface area contributed by atoms with Crippen LogP contribution in [0.4, 0.5) is 5.82 Å². The number of aromatic nitrogens is 5. The van der Waals surface area contributed by atoms with E-state index in [1.54, 1.807) is 17.8 Å². The van der Waals surface area contributed by atoms with Crippen molar-refractivity contribution >= 4 is 28.4 Å². The molecule has 2 fully saturated rings. The molecule has 10 nitrogen and oxygen atoms in total. The number of hydrogen-bond donors (Lipinski definition) is 3. The van der Waals surface area contributed by atoms with Gasteiger partial charge in [0.1, 0.15) is 17.0 Å². The van der Waals surface area contributed by atoms with Crippen molar-refractivity contribution in [3.8, 4) is 11.3 Å². The molecule has 3 N–H and O–H groups in total. The molecule has 32 heavy (non-hydrogen) atoms. The minimum atomic E-state index is -0.494. The van der Waals surface area contributed by atoms with Gasteiger partial charge in [0.25, 0.3) is 5.91 Å². The first-order chi connectivity index (χ1) is 15.6. The Hall–Kier alpha value is -3.50. The number of nitrogens with zero attached hydrogens (tertiary/aromatic N) is 5. The number of aliphatic hydroxyl groups excluding tert-OH is 1. The number of hydrogen-bond acceptors (Lipinski definition) is 7. The highest BCUT2D eigenvalue weighted by Crippen LogP contribution is 2.34. The van der Waals surface area contributed by atoms with E-state index in [0.717, 1.165) is 28.7 Å². The second-order valence-corrected chi connectivity index (χ2v) is 8.31. The van der Waals surface area contributed by atoms with Crippen molar-refractivity contribution in [3.05, 3.63) is 42.4 Å². The maximum Gasteiger partial charge on any atom is 0.257 e. The van der Waals surface area contributed by atoms with Crippen molar-refractivity contribution in [2.75, 3.05) is 25.6 Å². The summed E-state index contributed by atoms with van der Waals surface area (Å²) in [4.78, 5) is 22.3. The van der Waals surface area contributed by atoms with Crippen LogP contribution in [0.3, 0.4) is 0 Å². The molecule has 4 aromatic heterocycles. The van der Waals surface area contributed by atoms with Gasteiger partial charge in [0, 0.05) is 36.5 Å². The average Bonchev–Trinajstić information content (AvgIpc) is 3.37. The summed E-state index contributed by atoms with van der Waals surface area (Å²) in [5.74, 6) is 0.427. The Morgan fingerprint density at radius 2 is 2.16 bits per heavy atom. The Bertz CT molecular complexity index is 1340. The third-order valence-corrected chi connectivity index (χ3v) is 6.41. The van der Waals surface area contributed by atoms with E-state index < -0.39 is 6.10 Å². The molecule has 1 saturated carbocycles. The number of fused-ring (bicyclic) bond motifs is 2. The molecule has 2 aliphatic rings. The fraction of sp³-hybridized carbons (Fsp3) is 0.364. The molecular weight excluding hydrogens is 410 g/mol. The summed E-state index contributed by atoms with van der Waals surface area (Å²) in [5, 5.41) is 21.2. The molecule has 1 saturated heterocycles. The lowest BCUT2D eigenvalue weighted by molar-refractivity contribution is -0.0215. The highest BCUT2D eigenvalue weighted by Gasteiger charge is 2.31. The Morgan fingerprint density at radius 1 is 1.28 bits per heavy atom. The van der Waals surface area contributed by atoms with Gasteiger partial charge in [-0.3, -0.25) is 4.79 Å². The lowest BCUT2D eigenvalue weighted by atomic mass is 9.89. The average molecular weight is 433 g/mol. The molecule has 0 unspecified atom stereocenters. The summed E-state index contributed by atoms with van der Waals surface area (Å²) < 4.78 is 9.14. The molecule has 0 aromatic carbocycles. The zero-order valence-corrected chi connectivity index (χ0v) is 17.5. The summed E-state index contributed by atoms with van der Waals surface area (Å²) in [6.45, 7) is 1.32. The number of carbonyl (C=O) groups excluding carboxylic acids is 1. The van der Waals surface area contributed by atoms with Crippen molar-refractivity contribution in [1.29, 1.82) is 0 Å². The smallest absolute Gasteiger partial charge is 0.257 e. The molecule has 5 heterocycles. The van der Waals surface area contributed by atoms with Crippen LogP contribution in [0.15, 0.2) is 36.8 Å². The van der Waals surface area contributed by atoms with Gasteiger partial charge in [-0.15, -0.1) is 0 Å². The van der Waals surface area contributed by atoms with Gasteiger partial charge >= 0.3 is 0 Å². The third kappa shape index (κ3) is 2.87. The van der Waals surface area contributed by atoms with Gasteiger partial charge < -0.3 is 25.0 Å². The predicted molar refractivity (Wildman–Crippen MR) is 118 cm³/mol. The van der Waals surface area contributed by atoms with Crippen LogP contribution >= 0.6 is 0 Å². The molecule has 0 bridgehead atoms. The van der Waals surface area contributed by atoms with Crippen LogP contribution in [0.5, 0.6) is 0 Å². The van der Waals surface area contributed by atoms with Gasteiger partial charge in [-0.2, -0.15) is 9.61 Å². The van der Waals surface area contributed by atoms with Crippen LogP contribution < -0.4 is 10.6 Å². The van der Waals surface area contributed by atoms with Crippen molar-refractivity contribution in [2.24, 2.45) is 0 Å². The number of ether oxygens (including phenoxy) is 1. The van der Waals surface area contributed by atoms with Gasteiger partial charge in [-0.25, -0.2) is 9.97 Å². The second-order valence-electron chi connectivity index (χ2n) is 8.31. The normalized spacial score (nSPS) is 20.8. The maximum atomic E-state index is 12.9. The highest BCUT2D eigenvalue weighted by molar-refractivity contribution is 6.01. The Labute approximate surface area is 183 Å². The number of pyridine rings is 1. The fourth-order valence-electron chi connectivity index (χ4n) is 4.29.